The van der Waals surface area contributed by atoms with Crippen LogP contribution in [0.15, 0.2) is 83.8 Å². The van der Waals surface area contributed by atoms with Gasteiger partial charge in [-0.3, -0.25) is 4.72 Å². The Labute approximate surface area is 177 Å². The van der Waals surface area contributed by atoms with Gasteiger partial charge in [0.25, 0.3) is 10.0 Å². The average Bonchev–Trinajstić information content (AvgIpc) is 2.73. The third-order valence-electron chi connectivity index (χ3n) is 5.09. The maximum absolute atomic E-state index is 12.7. The van der Waals surface area contributed by atoms with E-state index < -0.39 is 10.0 Å². The van der Waals surface area contributed by atoms with Crippen LogP contribution in [0.2, 0.25) is 0 Å². The number of pyridine rings is 1. The number of hydrogen-bond donors (Lipinski definition) is 1. The SMILES string of the molecule is Cc1cccc(S(=O)(=O)Nc2cccc(-c3ccc4cc(C(C)C)ccc4n3)c2)c1. The molecule has 5 heteroatoms. The molecule has 4 nitrogen and oxygen atoms in total. The molecule has 0 amide bonds. The summed E-state index contributed by atoms with van der Waals surface area (Å²) in [5, 5.41) is 1.10. The third kappa shape index (κ3) is 4.21. The Balaban J connectivity index is 1.65. The van der Waals surface area contributed by atoms with Gasteiger partial charge in [-0.2, -0.15) is 0 Å². The summed E-state index contributed by atoms with van der Waals surface area (Å²) in [5.74, 6) is 0.465. The molecule has 3 aromatic carbocycles. The standard InChI is InChI=1S/C25H24N2O2S/c1-17(2)19-10-12-25-21(15-19)11-13-24(26-25)20-7-5-8-22(16-20)27-30(28,29)23-9-4-6-18(3)14-23/h4-17,27H,1-3H3. The van der Waals surface area contributed by atoms with Gasteiger partial charge in [-0.25, -0.2) is 13.4 Å². The van der Waals surface area contributed by atoms with Crippen LogP contribution < -0.4 is 4.72 Å². The number of hydrogen-bond acceptors (Lipinski definition) is 3. The molecule has 0 fully saturated rings. The van der Waals surface area contributed by atoms with E-state index in [1.54, 1.807) is 24.3 Å². The summed E-state index contributed by atoms with van der Waals surface area (Å²) in [6.07, 6.45) is 0. The Hall–Kier alpha value is -3.18. The van der Waals surface area contributed by atoms with Crippen molar-refractivity contribution < 1.29 is 8.42 Å². The van der Waals surface area contributed by atoms with Gasteiger partial charge in [0.05, 0.1) is 16.1 Å². The minimum Gasteiger partial charge on any atom is -0.280 e. The second kappa shape index (κ2) is 7.92. The molecule has 1 N–H and O–H groups in total. The van der Waals surface area contributed by atoms with Crippen molar-refractivity contribution in [3.05, 3.63) is 90.0 Å². The van der Waals surface area contributed by atoms with Crippen LogP contribution in [-0.4, -0.2) is 13.4 Å². The highest BCUT2D eigenvalue weighted by Crippen LogP contribution is 2.27. The average molecular weight is 417 g/mol. The normalized spacial score (nSPS) is 11.7. The van der Waals surface area contributed by atoms with Gasteiger partial charge in [0.1, 0.15) is 0 Å². The Morgan fingerprint density at radius 3 is 2.43 bits per heavy atom. The zero-order valence-electron chi connectivity index (χ0n) is 17.3. The van der Waals surface area contributed by atoms with Gasteiger partial charge < -0.3 is 0 Å². The van der Waals surface area contributed by atoms with E-state index in [0.717, 1.165) is 27.7 Å². The highest BCUT2D eigenvalue weighted by Gasteiger charge is 2.14. The molecule has 0 bridgehead atoms. The van der Waals surface area contributed by atoms with Crippen LogP contribution in [-0.2, 0) is 10.0 Å². The molecular weight excluding hydrogens is 392 g/mol. The number of rotatable bonds is 5. The number of aromatic nitrogens is 1. The molecule has 30 heavy (non-hydrogen) atoms. The zero-order valence-corrected chi connectivity index (χ0v) is 18.1. The topological polar surface area (TPSA) is 59.1 Å². The van der Waals surface area contributed by atoms with Crippen molar-refractivity contribution in [2.24, 2.45) is 0 Å². The predicted molar refractivity (Wildman–Crippen MR) is 123 cm³/mol. The first-order chi connectivity index (χ1) is 14.3. The van der Waals surface area contributed by atoms with E-state index in [1.165, 1.54) is 5.56 Å². The monoisotopic (exact) mass is 416 g/mol. The van der Waals surface area contributed by atoms with Crippen LogP contribution in [0.3, 0.4) is 0 Å². The van der Waals surface area contributed by atoms with Gasteiger partial charge in [0.15, 0.2) is 0 Å². The van der Waals surface area contributed by atoms with Crippen LogP contribution >= 0.6 is 0 Å². The number of sulfonamides is 1. The van der Waals surface area contributed by atoms with Crippen molar-refractivity contribution in [1.29, 1.82) is 0 Å². The molecule has 0 unspecified atom stereocenters. The van der Waals surface area contributed by atoms with E-state index >= 15 is 0 Å². The number of nitrogens with zero attached hydrogens (tertiary/aromatic N) is 1. The van der Waals surface area contributed by atoms with Crippen LogP contribution in [0.25, 0.3) is 22.2 Å². The summed E-state index contributed by atoms with van der Waals surface area (Å²) in [4.78, 5) is 5.02. The molecule has 0 aliphatic heterocycles. The Kier molecular flexibility index (Phi) is 5.31. The molecule has 1 heterocycles. The smallest absolute Gasteiger partial charge is 0.261 e. The first-order valence-electron chi connectivity index (χ1n) is 9.92. The first-order valence-corrected chi connectivity index (χ1v) is 11.4. The molecule has 0 aliphatic carbocycles. The summed E-state index contributed by atoms with van der Waals surface area (Å²) >= 11 is 0. The van der Waals surface area contributed by atoms with Crippen LogP contribution in [0.4, 0.5) is 5.69 Å². The second-order valence-electron chi connectivity index (χ2n) is 7.81. The first kappa shape index (κ1) is 20.1. The summed E-state index contributed by atoms with van der Waals surface area (Å²) in [5.41, 5.74) is 5.26. The molecule has 0 aliphatic rings. The molecule has 0 radical (unpaired) electrons. The van der Waals surface area contributed by atoms with Crippen molar-refractivity contribution in [1.82, 2.24) is 4.98 Å². The largest absolute Gasteiger partial charge is 0.280 e. The molecule has 0 spiro atoms. The molecule has 4 aromatic rings. The van der Waals surface area contributed by atoms with E-state index in [4.69, 9.17) is 4.98 Å². The molecule has 0 atom stereocenters. The van der Waals surface area contributed by atoms with Crippen molar-refractivity contribution in [2.75, 3.05) is 4.72 Å². The number of anilines is 1. The zero-order chi connectivity index (χ0) is 21.3. The summed E-state index contributed by atoms with van der Waals surface area (Å²) in [7, 11) is -3.65. The van der Waals surface area contributed by atoms with E-state index in [-0.39, 0.29) is 4.90 Å². The van der Waals surface area contributed by atoms with Crippen LogP contribution in [0.1, 0.15) is 30.9 Å². The molecule has 0 saturated heterocycles. The minimum atomic E-state index is -3.65. The highest BCUT2D eigenvalue weighted by atomic mass is 32.2. The van der Waals surface area contributed by atoms with Gasteiger partial charge in [0, 0.05) is 16.6 Å². The van der Waals surface area contributed by atoms with Gasteiger partial charge >= 0.3 is 0 Å². The lowest BCUT2D eigenvalue weighted by Crippen LogP contribution is -2.13. The van der Waals surface area contributed by atoms with Crippen molar-refractivity contribution >= 4 is 26.6 Å². The summed E-state index contributed by atoms with van der Waals surface area (Å²) in [6.45, 7) is 6.22. The van der Waals surface area contributed by atoms with Crippen molar-refractivity contribution in [2.45, 2.75) is 31.6 Å². The number of benzene rings is 3. The van der Waals surface area contributed by atoms with Gasteiger partial charge in [-0.1, -0.05) is 50.2 Å². The lowest BCUT2D eigenvalue weighted by molar-refractivity contribution is 0.601. The lowest BCUT2D eigenvalue weighted by Gasteiger charge is -2.11. The Bertz CT molecular complexity index is 1330. The second-order valence-corrected chi connectivity index (χ2v) is 9.49. The number of aryl methyl sites for hydroxylation is 1. The van der Waals surface area contributed by atoms with Gasteiger partial charge in [0.2, 0.25) is 0 Å². The Morgan fingerprint density at radius 2 is 1.67 bits per heavy atom. The van der Waals surface area contributed by atoms with E-state index in [0.29, 0.717) is 11.6 Å². The summed E-state index contributed by atoms with van der Waals surface area (Å²) < 4.78 is 28.1. The molecule has 152 valence electrons. The van der Waals surface area contributed by atoms with E-state index in [1.807, 2.05) is 43.3 Å². The van der Waals surface area contributed by atoms with Crippen molar-refractivity contribution in [3.63, 3.8) is 0 Å². The Morgan fingerprint density at radius 1 is 0.867 bits per heavy atom. The lowest BCUT2D eigenvalue weighted by atomic mass is 10.0. The highest BCUT2D eigenvalue weighted by molar-refractivity contribution is 7.92. The van der Waals surface area contributed by atoms with Gasteiger partial charge in [-0.05, 0) is 66.4 Å². The molecular formula is C25H24N2O2S. The predicted octanol–water partition coefficient (Wildman–Crippen LogP) is 6.13. The summed E-state index contributed by atoms with van der Waals surface area (Å²) in [6, 6.07) is 24.5. The minimum absolute atomic E-state index is 0.248. The molecule has 4 rings (SSSR count). The van der Waals surface area contributed by atoms with E-state index in [9.17, 15) is 8.42 Å². The quantitative estimate of drug-likeness (QED) is 0.425. The van der Waals surface area contributed by atoms with Crippen LogP contribution in [0.5, 0.6) is 0 Å². The molecule has 0 saturated carbocycles. The number of nitrogens with one attached hydrogen (secondary N) is 1. The van der Waals surface area contributed by atoms with Crippen LogP contribution in [0, 0.1) is 6.92 Å². The van der Waals surface area contributed by atoms with E-state index in [2.05, 4.69) is 36.8 Å². The maximum Gasteiger partial charge on any atom is 0.261 e. The fraction of sp³-hybridized carbons (Fsp3) is 0.160. The fourth-order valence-electron chi connectivity index (χ4n) is 3.40. The number of fused-ring (bicyclic) bond motifs is 1. The maximum atomic E-state index is 12.7. The van der Waals surface area contributed by atoms with Gasteiger partial charge in [-0.15, -0.1) is 0 Å². The molecule has 1 aromatic heterocycles. The third-order valence-corrected chi connectivity index (χ3v) is 6.47. The fourth-order valence-corrected chi connectivity index (χ4v) is 4.56. The van der Waals surface area contributed by atoms with Crippen molar-refractivity contribution in [3.8, 4) is 11.3 Å².